The topological polar surface area (TPSA) is 53.1 Å². The predicted octanol–water partition coefficient (Wildman–Crippen LogP) is 1.98. The summed E-state index contributed by atoms with van der Waals surface area (Å²) in [4.78, 5) is 31.6. The Balaban J connectivity index is 1.30. The zero-order chi connectivity index (χ0) is 19.8. The third kappa shape index (κ3) is 3.67. The van der Waals surface area contributed by atoms with Crippen LogP contribution in [0.2, 0.25) is 0 Å². The molecule has 1 aromatic rings. The molecular weight excluding hydrogens is 354 g/mol. The zero-order valence-corrected chi connectivity index (χ0v) is 17.2. The smallest absolute Gasteiger partial charge is 0.228 e. The van der Waals surface area contributed by atoms with E-state index in [0.29, 0.717) is 25.1 Å². The lowest BCUT2D eigenvalue weighted by atomic mass is 9.98. The number of carbonyl (C=O) groups is 2. The lowest BCUT2D eigenvalue weighted by Crippen LogP contribution is -2.63. The first-order valence-corrected chi connectivity index (χ1v) is 10.4. The number of rotatable bonds is 4. The molecule has 3 heterocycles. The first kappa shape index (κ1) is 19.4. The number of methoxy groups -OCH3 is 1. The van der Waals surface area contributed by atoms with Crippen molar-refractivity contribution in [3.63, 3.8) is 0 Å². The van der Waals surface area contributed by atoms with Crippen LogP contribution in [0.3, 0.4) is 0 Å². The second kappa shape index (κ2) is 7.84. The van der Waals surface area contributed by atoms with Gasteiger partial charge in [0.05, 0.1) is 12.0 Å². The molecule has 0 aromatic heterocycles. The maximum atomic E-state index is 12.9. The third-order valence-electron chi connectivity index (χ3n) is 6.78. The van der Waals surface area contributed by atoms with Crippen molar-refractivity contribution < 1.29 is 14.3 Å². The van der Waals surface area contributed by atoms with Crippen LogP contribution in [0.4, 0.5) is 5.69 Å². The van der Waals surface area contributed by atoms with Crippen LogP contribution < -0.4 is 4.90 Å². The number of amides is 2. The highest BCUT2D eigenvalue weighted by Gasteiger charge is 2.42. The van der Waals surface area contributed by atoms with Gasteiger partial charge < -0.3 is 14.5 Å². The molecule has 152 valence electrons. The number of nitrogens with zero attached hydrogens (tertiary/aromatic N) is 3. The first-order valence-electron chi connectivity index (χ1n) is 10.4. The highest BCUT2D eigenvalue weighted by molar-refractivity contribution is 6.00. The van der Waals surface area contributed by atoms with E-state index in [2.05, 4.69) is 18.7 Å². The van der Waals surface area contributed by atoms with E-state index in [1.54, 1.807) is 12.0 Å². The average molecular weight is 386 g/mol. The number of hydrogen-bond donors (Lipinski definition) is 0. The number of carbonyl (C=O) groups excluding carboxylic acids is 2. The molecule has 0 radical (unpaired) electrons. The largest absolute Gasteiger partial charge is 0.381 e. The van der Waals surface area contributed by atoms with Gasteiger partial charge in [-0.15, -0.1) is 0 Å². The summed E-state index contributed by atoms with van der Waals surface area (Å²) in [5.41, 5.74) is 3.29. The molecule has 0 saturated carbocycles. The molecule has 4 rings (SSSR count). The van der Waals surface area contributed by atoms with E-state index in [4.69, 9.17) is 4.74 Å². The molecule has 1 atom stereocenters. The number of piperidine rings is 1. The number of aryl methyl sites for hydroxylation is 2. The van der Waals surface area contributed by atoms with Crippen molar-refractivity contribution in [3.05, 3.63) is 29.3 Å². The van der Waals surface area contributed by atoms with Gasteiger partial charge in [0.15, 0.2) is 0 Å². The van der Waals surface area contributed by atoms with Crippen LogP contribution in [0.1, 0.15) is 30.4 Å². The van der Waals surface area contributed by atoms with Gasteiger partial charge in [0.2, 0.25) is 11.8 Å². The second-order valence-corrected chi connectivity index (χ2v) is 8.54. The maximum Gasteiger partial charge on any atom is 0.228 e. The minimum Gasteiger partial charge on any atom is -0.381 e. The Morgan fingerprint density at radius 3 is 2.43 bits per heavy atom. The number of hydrogen-bond acceptors (Lipinski definition) is 4. The lowest BCUT2D eigenvalue weighted by Gasteiger charge is -2.48. The van der Waals surface area contributed by atoms with Crippen LogP contribution in [0, 0.1) is 19.8 Å². The minimum absolute atomic E-state index is 0.0558. The molecule has 0 spiro atoms. The summed E-state index contributed by atoms with van der Waals surface area (Å²) in [7, 11) is 1.79. The van der Waals surface area contributed by atoms with E-state index in [0.717, 1.165) is 44.7 Å². The molecule has 3 aliphatic rings. The minimum atomic E-state index is -0.214. The second-order valence-electron chi connectivity index (χ2n) is 8.54. The third-order valence-corrected chi connectivity index (χ3v) is 6.78. The number of ether oxygens (including phenoxy) is 1. The summed E-state index contributed by atoms with van der Waals surface area (Å²) in [6.45, 7) is 8.31. The molecule has 1 aromatic carbocycles. The summed E-state index contributed by atoms with van der Waals surface area (Å²) in [5.74, 6) is -0.0164. The molecule has 3 fully saturated rings. The molecule has 6 heteroatoms. The average Bonchev–Trinajstić information content (AvgIpc) is 3.05. The normalized spacial score (nSPS) is 24.7. The highest BCUT2D eigenvalue weighted by Crippen LogP contribution is 2.30. The number of benzene rings is 1. The summed E-state index contributed by atoms with van der Waals surface area (Å²) >= 11 is 0. The van der Waals surface area contributed by atoms with Crippen molar-refractivity contribution in [2.24, 2.45) is 5.92 Å². The predicted molar refractivity (Wildman–Crippen MR) is 108 cm³/mol. The maximum absolute atomic E-state index is 12.9. The van der Waals surface area contributed by atoms with E-state index in [1.165, 1.54) is 11.1 Å². The van der Waals surface area contributed by atoms with Crippen LogP contribution >= 0.6 is 0 Å². The van der Waals surface area contributed by atoms with Gasteiger partial charge in [-0.3, -0.25) is 14.5 Å². The molecule has 6 nitrogen and oxygen atoms in total. The quantitative estimate of drug-likeness (QED) is 0.795. The fourth-order valence-corrected chi connectivity index (χ4v) is 4.62. The van der Waals surface area contributed by atoms with Crippen LogP contribution in [0.25, 0.3) is 0 Å². The summed E-state index contributed by atoms with van der Waals surface area (Å²) in [5, 5.41) is 0. The van der Waals surface area contributed by atoms with Crippen molar-refractivity contribution in [1.82, 2.24) is 9.80 Å². The van der Waals surface area contributed by atoms with Crippen LogP contribution in [0.5, 0.6) is 0 Å². The van der Waals surface area contributed by atoms with Gasteiger partial charge in [0.1, 0.15) is 0 Å². The van der Waals surface area contributed by atoms with Crippen LogP contribution in [0.15, 0.2) is 18.2 Å². The lowest BCUT2D eigenvalue weighted by molar-refractivity contribution is -0.143. The highest BCUT2D eigenvalue weighted by atomic mass is 16.5. The van der Waals surface area contributed by atoms with Gasteiger partial charge in [-0.2, -0.15) is 0 Å². The Kier molecular flexibility index (Phi) is 5.43. The Hall–Kier alpha value is -1.92. The summed E-state index contributed by atoms with van der Waals surface area (Å²) in [6.07, 6.45) is 2.85. The van der Waals surface area contributed by atoms with Gasteiger partial charge in [-0.25, -0.2) is 0 Å². The fourth-order valence-electron chi connectivity index (χ4n) is 4.62. The van der Waals surface area contributed by atoms with Crippen molar-refractivity contribution in [1.29, 1.82) is 0 Å². The summed E-state index contributed by atoms with van der Waals surface area (Å²) in [6, 6.07) is 6.54. The number of likely N-dealkylation sites (tertiary alicyclic amines) is 2. The van der Waals surface area contributed by atoms with Gasteiger partial charge in [-0.05, 0) is 49.9 Å². The van der Waals surface area contributed by atoms with Crippen molar-refractivity contribution in [2.45, 2.75) is 45.3 Å². The molecule has 2 amide bonds. The van der Waals surface area contributed by atoms with E-state index in [-0.39, 0.29) is 17.7 Å². The van der Waals surface area contributed by atoms with Crippen LogP contribution in [-0.4, -0.2) is 73.6 Å². The summed E-state index contributed by atoms with van der Waals surface area (Å²) < 4.78 is 5.44. The van der Waals surface area contributed by atoms with Crippen LogP contribution in [-0.2, 0) is 14.3 Å². The standard InChI is InChI=1S/C22H31N3O3/c1-15-4-5-18(10-16(15)2)25-12-17(11-21(25)26)22(27)24-13-19(14-24)23-8-6-20(28-3)7-9-23/h4-5,10,17,19-20H,6-9,11-14H2,1-3H3/t17-/m0/s1. The van der Waals surface area contributed by atoms with Crippen molar-refractivity contribution in [2.75, 3.05) is 44.7 Å². The van der Waals surface area contributed by atoms with Gasteiger partial charge in [-0.1, -0.05) is 6.07 Å². The first-order chi connectivity index (χ1) is 13.5. The van der Waals surface area contributed by atoms with Crippen molar-refractivity contribution in [3.8, 4) is 0 Å². The van der Waals surface area contributed by atoms with Gasteiger partial charge in [0.25, 0.3) is 0 Å². The fraction of sp³-hybridized carbons (Fsp3) is 0.636. The van der Waals surface area contributed by atoms with Crippen molar-refractivity contribution >= 4 is 17.5 Å². The molecule has 0 unspecified atom stereocenters. The Morgan fingerprint density at radius 1 is 1.07 bits per heavy atom. The Morgan fingerprint density at radius 2 is 1.79 bits per heavy atom. The molecule has 28 heavy (non-hydrogen) atoms. The van der Waals surface area contributed by atoms with Gasteiger partial charge in [0, 0.05) is 58.0 Å². The number of anilines is 1. The molecule has 0 bridgehead atoms. The zero-order valence-electron chi connectivity index (χ0n) is 17.2. The van der Waals surface area contributed by atoms with Gasteiger partial charge >= 0.3 is 0 Å². The van der Waals surface area contributed by atoms with E-state index in [9.17, 15) is 9.59 Å². The SMILES string of the molecule is COC1CCN(C2CN(C(=O)[C@H]3CC(=O)N(c4ccc(C)c(C)c4)C3)C2)CC1. The van der Waals surface area contributed by atoms with E-state index in [1.807, 2.05) is 23.1 Å². The molecule has 3 aliphatic heterocycles. The molecule has 3 saturated heterocycles. The Bertz CT molecular complexity index is 751. The monoisotopic (exact) mass is 385 g/mol. The van der Waals surface area contributed by atoms with E-state index >= 15 is 0 Å². The molecule has 0 N–H and O–H groups in total. The molecular formula is C22H31N3O3. The Labute approximate surface area is 167 Å². The van der Waals surface area contributed by atoms with E-state index < -0.39 is 0 Å². The molecule has 0 aliphatic carbocycles.